The summed E-state index contributed by atoms with van der Waals surface area (Å²) < 4.78 is 23.8. The van der Waals surface area contributed by atoms with Crippen molar-refractivity contribution < 1.29 is 23.7 Å². The van der Waals surface area contributed by atoms with Gasteiger partial charge in [-0.3, -0.25) is 4.79 Å². The topological polar surface area (TPSA) is 54.0 Å². The first-order chi connectivity index (χ1) is 19.3. The number of carbonyl (C=O) groups is 1. The third-order valence-corrected chi connectivity index (χ3v) is 9.42. The van der Waals surface area contributed by atoms with Crippen LogP contribution in [0.4, 0.5) is 0 Å². The summed E-state index contributed by atoms with van der Waals surface area (Å²) in [4.78, 5) is 12.9. The van der Waals surface area contributed by atoms with Crippen LogP contribution in [0.3, 0.4) is 0 Å². The molecule has 0 amide bonds. The Balaban J connectivity index is 1.13. The molecule has 0 aliphatic heterocycles. The van der Waals surface area contributed by atoms with Crippen molar-refractivity contribution in [1.29, 1.82) is 0 Å². The molecule has 0 spiro atoms. The predicted molar refractivity (Wildman–Crippen MR) is 156 cm³/mol. The van der Waals surface area contributed by atoms with Gasteiger partial charge in [0.1, 0.15) is 12.7 Å². The van der Waals surface area contributed by atoms with Crippen molar-refractivity contribution in [3.63, 3.8) is 0 Å². The highest BCUT2D eigenvalue weighted by atomic mass is 16.6. The number of ether oxygens (including phenoxy) is 4. The molecular formula is C34H54O5. The molecule has 3 aliphatic rings. The lowest BCUT2D eigenvalue weighted by Gasteiger charge is -2.28. The lowest BCUT2D eigenvalue weighted by atomic mass is 9.79. The normalized spacial score (nSPS) is 23.9. The van der Waals surface area contributed by atoms with E-state index in [0.29, 0.717) is 25.7 Å². The Morgan fingerprint density at radius 1 is 0.667 bits per heavy atom. The molecule has 1 atom stereocenters. The predicted octanol–water partition coefficient (Wildman–Crippen LogP) is 7.86. The second-order valence-corrected chi connectivity index (χ2v) is 12.4. The van der Waals surface area contributed by atoms with Gasteiger partial charge in [0, 0.05) is 13.2 Å². The largest absolute Gasteiger partial charge is 0.463 e. The highest BCUT2D eigenvalue weighted by Gasteiger charge is 2.29. The van der Waals surface area contributed by atoms with Gasteiger partial charge in [-0.05, 0) is 61.8 Å². The summed E-state index contributed by atoms with van der Waals surface area (Å²) in [6.07, 6.45) is 19.6. The summed E-state index contributed by atoms with van der Waals surface area (Å²) in [6, 6.07) is 10.7. The molecule has 1 aromatic carbocycles. The van der Waals surface area contributed by atoms with Crippen LogP contribution in [0.25, 0.3) is 0 Å². The standard InChI is InChI=1S/C34H54O5/c35-34(32-18-16-31(17-19-32)30-14-6-3-7-15-30)39-27-33(26-37-23-21-29-12-8-9-13-29)38-25-24-36-22-20-28-10-4-1-2-5-11-28/h3,6-7,14-15,28-29,31-33H,1-2,4-5,8-13,16-27H2. The maximum Gasteiger partial charge on any atom is 0.309 e. The fourth-order valence-corrected chi connectivity index (χ4v) is 6.87. The Kier molecular flexibility index (Phi) is 14.2. The van der Waals surface area contributed by atoms with Crippen molar-refractivity contribution in [2.75, 3.05) is 39.6 Å². The molecule has 0 bridgehead atoms. The molecule has 39 heavy (non-hydrogen) atoms. The zero-order chi connectivity index (χ0) is 27.0. The maximum absolute atomic E-state index is 12.9. The minimum Gasteiger partial charge on any atom is -0.463 e. The van der Waals surface area contributed by atoms with Crippen LogP contribution in [0.2, 0.25) is 0 Å². The van der Waals surface area contributed by atoms with E-state index < -0.39 is 0 Å². The van der Waals surface area contributed by atoms with Crippen LogP contribution in [0.1, 0.15) is 114 Å². The molecule has 0 radical (unpaired) electrons. The number of esters is 1. The summed E-state index contributed by atoms with van der Waals surface area (Å²) in [7, 11) is 0. The fourth-order valence-electron chi connectivity index (χ4n) is 6.87. The zero-order valence-corrected chi connectivity index (χ0v) is 24.4. The Bertz CT molecular complexity index is 761. The van der Waals surface area contributed by atoms with Crippen molar-refractivity contribution in [2.45, 2.75) is 115 Å². The Hall–Kier alpha value is -1.43. The molecule has 5 heteroatoms. The Morgan fingerprint density at radius 3 is 1.95 bits per heavy atom. The molecule has 0 heterocycles. The lowest BCUT2D eigenvalue weighted by molar-refractivity contribution is -0.156. The van der Waals surface area contributed by atoms with Gasteiger partial charge < -0.3 is 18.9 Å². The average molecular weight is 543 g/mol. The second kappa shape index (κ2) is 18.1. The maximum atomic E-state index is 12.9. The minimum atomic E-state index is -0.233. The van der Waals surface area contributed by atoms with E-state index in [1.807, 2.05) is 0 Å². The third kappa shape index (κ3) is 11.5. The molecule has 0 N–H and O–H groups in total. The number of benzene rings is 1. The van der Waals surface area contributed by atoms with Gasteiger partial charge in [0.2, 0.25) is 0 Å². The fraction of sp³-hybridized carbons (Fsp3) is 0.794. The quantitative estimate of drug-likeness (QED) is 0.121. The molecule has 1 aromatic rings. The Morgan fingerprint density at radius 2 is 1.28 bits per heavy atom. The summed E-state index contributed by atoms with van der Waals surface area (Å²) in [6.45, 7) is 3.42. The lowest BCUT2D eigenvalue weighted by Crippen LogP contribution is -2.31. The van der Waals surface area contributed by atoms with Gasteiger partial charge in [-0.1, -0.05) is 94.5 Å². The molecule has 3 saturated carbocycles. The summed E-state index contributed by atoms with van der Waals surface area (Å²) in [5.41, 5.74) is 1.39. The van der Waals surface area contributed by atoms with Crippen molar-refractivity contribution in [1.82, 2.24) is 0 Å². The number of hydrogen-bond acceptors (Lipinski definition) is 5. The minimum absolute atomic E-state index is 0.00113. The van der Waals surface area contributed by atoms with Gasteiger partial charge in [0.05, 0.1) is 25.7 Å². The SMILES string of the molecule is O=C(OCC(COCCC1CCCC1)OCCOCCC1CCCCCC1)C1CCC(c2ccccc2)CC1. The molecule has 0 aromatic heterocycles. The van der Waals surface area contributed by atoms with Crippen LogP contribution in [0, 0.1) is 17.8 Å². The third-order valence-electron chi connectivity index (χ3n) is 9.42. The van der Waals surface area contributed by atoms with Gasteiger partial charge in [0.15, 0.2) is 0 Å². The van der Waals surface area contributed by atoms with Crippen molar-refractivity contribution in [2.24, 2.45) is 17.8 Å². The second-order valence-electron chi connectivity index (χ2n) is 12.4. The highest BCUT2D eigenvalue weighted by Crippen LogP contribution is 2.36. The number of carbonyl (C=O) groups excluding carboxylic acids is 1. The van der Waals surface area contributed by atoms with Crippen LogP contribution < -0.4 is 0 Å². The monoisotopic (exact) mass is 542 g/mol. The molecule has 1 unspecified atom stereocenters. The van der Waals surface area contributed by atoms with E-state index in [-0.39, 0.29) is 24.6 Å². The molecule has 220 valence electrons. The molecule has 4 rings (SSSR count). The van der Waals surface area contributed by atoms with E-state index >= 15 is 0 Å². The summed E-state index contributed by atoms with van der Waals surface area (Å²) in [5.74, 6) is 2.13. The van der Waals surface area contributed by atoms with E-state index in [2.05, 4.69) is 30.3 Å². The van der Waals surface area contributed by atoms with Gasteiger partial charge in [-0.2, -0.15) is 0 Å². The van der Waals surface area contributed by atoms with E-state index in [4.69, 9.17) is 18.9 Å². The summed E-state index contributed by atoms with van der Waals surface area (Å²) in [5, 5.41) is 0. The highest BCUT2D eigenvalue weighted by molar-refractivity contribution is 5.72. The summed E-state index contributed by atoms with van der Waals surface area (Å²) >= 11 is 0. The van der Waals surface area contributed by atoms with Gasteiger partial charge in [-0.25, -0.2) is 0 Å². The van der Waals surface area contributed by atoms with Crippen molar-refractivity contribution in [3.8, 4) is 0 Å². The van der Waals surface area contributed by atoms with Gasteiger partial charge in [0.25, 0.3) is 0 Å². The van der Waals surface area contributed by atoms with Crippen LogP contribution >= 0.6 is 0 Å². The van der Waals surface area contributed by atoms with Gasteiger partial charge in [-0.15, -0.1) is 0 Å². The molecule has 3 fully saturated rings. The van der Waals surface area contributed by atoms with Crippen molar-refractivity contribution in [3.05, 3.63) is 35.9 Å². The molecule has 0 saturated heterocycles. The number of hydrogen-bond donors (Lipinski definition) is 0. The van der Waals surface area contributed by atoms with Crippen LogP contribution in [-0.2, 0) is 23.7 Å². The zero-order valence-electron chi connectivity index (χ0n) is 24.4. The average Bonchev–Trinajstić information content (AvgIpc) is 3.37. The molecule has 5 nitrogen and oxygen atoms in total. The van der Waals surface area contributed by atoms with Crippen LogP contribution in [-0.4, -0.2) is 51.7 Å². The number of rotatable bonds is 16. The first-order valence-corrected chi connectivity index (χ1v) is 16.3. The van der Waals surface area contributed by atoms with E-state index in [0.717, 1.165) is 63.6 Å². The molecular weight excluding hydrogens is 488 g/mol. The van der Waals surface area contributed by atoms with E-state index in [1.165, 1.54) is 69.8 Å². The first kappa shape index (κ1) is 30.5. The van der Waals surface area contributed by atoms with Crippen molar-refractivity contribution >= 4 is 5.97 Å². The van der Waals surface area contributed by atoms with Crippen LogP contribution in [0.5, 0.6) is 0 Å². The van der Waals surface area contributed by atoms with E-state index in [9.17, 15) is 4.79 Å². The smallest absolute Gasteiger partial charge is 0.309 e. The van der Waals surface area contributed by atoms with Crippen LogP contribution in [0.15, 0.2) is 30.3 Å². The molecule has 3 aliphatic carbocycles. The van der Waals surface area contributed by atoms with Gasteiger partial charge >= 0.3 is 5.97 Å². The van der Waals surface area contributed by atoms with E-state index in [1.54, 1.807) is 0 Å². The first-order valence-electron chi connectivity index (χ1n) is 16.3. The Labute approximate surface area is 237 Å².